The number of phenolic OH excluding ortho intramolecular Hbond substituents is 1. The number of aldehydes is 1. The van der Waals surface area contributed by atoms with Crippen LogP contribution in [0.3, 0.4) is 0 Å². The number of rotatable bonds is 1. The second kappa shape index (κ2) is 3.05. The van der Waals surface area contributed by atoms with E-state index in [0.29, 0.717) is 17.2 Å². The van der Waals surface area contributed by atoms with Crippen LogP contribution < -0.4 is 0 Å². The largest absolute Gasteiger partial charge is 0.507 e. The van der Waals surface area contributed by atoms with Crippen molar-refractivity contribution in [2.24, 2.45) is 0 Å². The number of carbonyl (C=O) groups excluding carboxylic acids is 1. The maximum atomic E-state index is 10.5. The molecular weight excluding hydrogens is 204 g/mol. The fourth-order valence-corrected chi connectivity index (χ4v) is 2.42. The lowest BCUT2D eigenvalue weighted by Gasteiger charge is -1.96. The molecule has 1 heterocycles. The Kier molecular flexibility index (Phi) is 2.01. The molecule has 0 saturated carbocycles. The molecule has 1 aromatic carbocycles. The van der Waals surface area contributed by atoms with Crippen molar-refractivity contribution < 1.29 is 9.90 Å². The van der Waals surface area contributed by atoms with Crippen LogP contribution in [0.25, 0.3) is 10.1 Å². The number of hydrogen-bond donors (Lipinski definition) is 2. The van der Waals surface area contributed by atoms with E-state index in [1.807, 2.05) is 6.07 Å². The third-order valence-electron chi connectivity index (χ3n) is 1.82. The molecule has 4 heteroatoms. The van der Waals surface area contributed by atoms with Crippen molar-refractivity contribution in [2.45, 2.75) is 4.21 Å². The zero-order valence-corrected chi connectivity index (χ0v) is 8.23. The summed E-state index contributed by atoms with van der Waals surface area (Å²) in [6.45, 7) is 0. The van der Waals surface area contributed by atoms with E-state index in [-0.39, 0.29) is 5.75 Å². The SMILES string of the molecule is O=Cc1ccc2sc(S)cc2c1O. The first-order valence-electron chi connectivity index (χ1n) is 3.62. The summed E-state index contributed by atoms with van der Waals surface area (Å²) in [5, 5.41) is 10.3. The van der Waals surface area contributed by atoms with Gasteiger partial charge in [0.25, 0.3) is 0 Å². The van der Waals surface area contributed by atoms with E-state index >= 15 is 0 Å². The molecule has 2 nitrogen and oxygen atoms in total. The topological polar surface area (TPSA) is 37.3 Å². The number of fused-ring (bicyclic) bond motifs is 1. The maximum absolute atomic E-state index is 10.5. The van der Waals surface area contributed by atoms with Crippen molar-refractivity contribution in [3.8, 4) is 5.75 Å². The zero-order chi connectivity index (χ0) is 9.42. The van der Waals surface area contributed by atoms with Crippen molar-refractivity contribution in [3.63, 3.8) is 0 Å². The average molecular weight is 210 g/mol. The molecule has 0 aliphatic carbocycles. The van der Waals surface area contributed by atoms with Gasteiger partial charge in [-0.2, -0.15) is 0 Å². The first-order valence-corrected chi connectivity index (χ1v) is 4.88. The second-order valence-electron chi connectivity index (χ2n) is 2.62. The van der Waals surface area contributed by atoms with Crippen molar-refractivity contribution in [1.29, 1.82) is 0 Å². The Morgan fingerprint density at radius 2 is 2.23 bits per heavy atom. The molecule has 0 amide bonds. The minimum atomic E-state index is 0.0454. The fraction of sp³-hybridized carbons (Fsp3) is 0. The molecule has 0 unspecified atom stereocenters. The van der Waals surface area contributed by atoms with Crippen LogP contribution in [0.1, 0.15) is 10.4 Å². The number of thiol groups is 1. The molecule has 13 heavy (non-hydrogen) atoms. The van der Waals surface area contributed by atoms with E-state index < -0.39 is 0 Å². The van der Waals surface area contributed by atoms with Crippen LogP contribution in [0.4, 0.5) is 0 Å². The lowest BCUT2D eigenvalue weighted by molar-refractivity contribution is 0.112. The quantitative estimate of drug-likeness (QED) is 0.561. The Bertz CT molecular complexity index is 474. The molecule has 66 valence electrons. The molecule has 0 atom stereocenters. The number of hydrogen-bond acceptors (Lipinski definition) is 4. The van der Waals surface area contributed by atoms with Gasteiger partial charge in [0.2, 0.25) is 0 Å². The summed E-state index contributed by atoms with van der Waals surface area (Å²) in [4.78, 5) is 10.5. The van der Waals surface area contributed by atoms with Gasteiger partial charge in [-0.3, -0.25) is 4.79 Å². The molecule has 0 radical (unpaired) electrons. The number of benzene rings is 1. The highest BCUT2D eigenvalue weighted by Gasteiger charge is 2.07. The van der Waals surface area contributed by atoms with Crippen molar-refractivity contribution >= 4 is 40.3 Å². The first kappa shape index (κ1) is 8.59. The summed E-state index contributed by atoms with van der Waals surface area (Å²) in [6, 6.07) is 5.17. The third-order valence-corrected chi connectivity index (χ3v) is 3.12. The minimum Gasteiger partial charge on any atom is -0.507 e. The van der Waals surface area contributed by atoms with E-state index in [2.05, 4.69) is 12.6 Å². The molecule has 0 fully saturated rings. The van der Waals surface area contributed by atoms with Gasteiger partial charge < -0.3 is 5.11 Å². The molecule has 2 rings (SSSR count). The summed E-state index contributed by atoms with van der Waals surface area (Å²) in [5.74, 6) is 0.0454. The summed E-state index contributed by atoms with van der Waals surface area (Å²) in [6.07, 6.45) is 0.643. The highest BCUT2D eigenvalue weighted by atomic mass is 32.2. The summed E-state index contributed by atoms with van der Waals surface area (Å²) in [5.41, 5.74) is 0.318. The molecule has 0 bridgehead atoms. The molecule has 0 saturated heterocycles. The van der Waals surface area contributed by atoms with Crippen molar-refractivity contribution in [3.05, 3.63) is 23.8 Å². The van der Waals surface area contributed by atoms with Gasteiger partial charge in [0, 0.05) is 10.1 Å². The van der Waals surface area contributed by atoms with Crippen LogP contribution in [-0.4, -0.2) is 11.4 Å². The van der Waals surface area contributed by atoms with Crippen LogP contribution in [0.15, 0.2) is 22.4 Å². The normalized spacial score (nSPS) is 10.5. The van der Waals surface area contributed by atoms with Crippen molar-refractivity contribution in [1.82, 2.24) is 0 Å². The predicted octanol–water partition coefficient (Wildman–Crippen LogP) is 2.71. The Labute approximate surface area is 84.2 Å². The maximum Gasteiger partial charge on any atom is 0.153 e. The second-order valence-corrected chi connectivity index (χ2v) is 4.49. The number of thiophene rings is 1. The first-order chi connectivity index (χ1) is 6.22. The number of phenols is 1. The molecule has 0 spiro atoms. The lowest BCUT2D eigenvalue weighted by atomic mass is 10.1. The molecular formula is C9H6O2S2. The lowest BCUT2D eigenvalue weighted by Crippen LogP contribution is -1.79. The fourth-order valence-electron chi connectivity index (χ4n) is 1.20. The van der Waals surface area contributed by atoms with Gasteiger partial charge in [-0.15, -0.1) is 24.0 Å². The summed E-state index contributed by atoms with van der Waals surface area (Å²) >= 11 is 5.65. The number of aromatic hydroxyl groups is 1. The van der Waals surface area contributed by atoms with E-state index in [1.54, 1.807) is 12.1 Å². The molecule has 1 N–H and O–H groups in total. The van der Waals surface area contributed by atoms with Gasteiger partial charge in [-0.25, -0.2) is 0 Å². The Hall–Kier alpha value is -1.00. The van der Waals surface area contributed by atoms with Crippen LogP contribution in [-0.2, 0) is 0 Å². The standard InChI is InChI=1S/C9H6O2S2/c10-4-5-1-2-7-6(9(5)11)3-8(12)13-7/h1-4,11-12H. The van der Waals surface area contributed by atoms with Gasteiger partial charge in [0.15, 0.2) is 6.29 Å². The van der Waals surface area contributed by atoms with Gasteiger partial charge in [0.05, 0.1) is 9.77 Å². The third kappa shape index (κ3) is 1.32. The highest BCUT2D eigenvalue weighted by Crippen LogP contribution is 2.35. The number of carbonyl (C=O) groups is 1. The minimum absolute atomic E-state index is 0.0454. The van der Waals surface area contributed by atoms with E-state index in [9.17, 15) is 9.90 Å². The smallest absolute Gasteiger partial charge is 0.153 e. The van der Waals surface area contributed by atoms with E-state index in [1.165, 1.54) is 11.3 Å². The molecule has 0 aliphatic rings. The van der Waals surface area contributed by atoms with Crippen LogP contribution in [0.5, 0.6) is 5.75 Å². The summed E-state index contributed by atoms with van der Waals surface area (Å²) < 4.78 is 1.77. The average Bonchev–Trinajstić information content (AvgIpc) is 2.47. The predicted molar refractivity (Wildman–Crippen MR) is 56.1 cm³/mol. The van der Waals surface area contributed by atoms with E-state index in [0.717, 1.165) is 8.91 Å². The van der Waals surface area contributed by atoms with Crippen molar-refractivity contribution in [2.75, 3.05) is 0 Å². The monoisotopic (exact) mass is 210 g/mol. The van der Waals surface area contributed by atoms with Crippen LogP contribution in [0, 0.1) is 0 Å². The van der Waals surface area contributed by atoms with Gasteiger partial charge >= 0.3 is 0 Å². The van der Waals surface area contributed by atoms with Gasteiger partial charge in [0.1, 0.15) is 5.75 Å². The Morgan fingerprint density at radius 3 is 2.92 bits per heavy atom. The Balaban J connectivity index is 2.85. The van der Waals surface area contributed by atoms with Gasteiger partial charge in [-0.1, -0.05) is 0 Å². The highest BCUT2D eigenvalue weighted by molar-refractivity contribution is 7.83. The molecule has 1 aromatic heterocycles. The van der Waals surface area contributed by atoms with Gasteiger partial charge in [-0.05, 0) is 18.2 Å². The summed E-state index contributed by atoms with van der Waals surface area (Å²) in [7, 11) is 0. The molecule has 0 aliphatic heterocycles. The van der Waals surface area contributed by atoms with Crippen LogP contribution >= 0.6 is 24.0 Å². The Morgan fingerprint density at radius 1 is 1.46 bits per heavy atom. The van der Waals surface area contributed by atoms with Crippen LogP contribution in [0.2, 0.25) is 0 Å². The zero-order valence-electron chi connectivity index (χ0n) is 6.52. The molecule has 2 aromatic rings. The van der Waals surface area contributed by atoms with E-state index in [4.69, 9.17) is 0 Å².